The maximum Gasteiger partial charge on any atom is 0.528 e. The second-order valence-electron chi connectivity index (χ2n) is 12.7. The Morgan fingerprint density at radius 1 is 0.978 bits per heavy atom. The highest BCUT2D eigenvalue weighted by atomic mass is 16.8. The van der Waals surface area contributed by atoms with Crippen molar-refractivity contribution >= 4 is 23.9 Å². The number of hydrogen-bond donors (Lipinski definition) is 1. The summed E-state index contributed by atoms with van der Waals surface area (Å²) < 4.78 is 16.6. The van der Waals surface area contributed by atoms with E-state index in [1.54, 1.807) is 39.5 Å². The largest absolute Gasteiger partial charge is 0.528 e. The summed E-state index contributed by atoms with van der Waals surface area (Å²) in [5.74, 6) is -0.848. The lowest BCUT2D eigenvalue weighted by molar-refractivity contribution is -0.160. The third-order valence-electron chi connectivity index (χ3n) is 7.30. The van der Waals surface area contributed by atoms with Gasteiger partial charge in [-0.3, -0.25) is 14.4 Å². The van der Waals surface area contributed by atoms with Crippen LogP contribution in [0.3, 0.4) is 0 Å². The van der Waals surface area contributed by atoms with Crippen LogP contribution < -0.4 is 10.1 Å². The Labute approximate surface area is 269 Å². The highest BCUT2D eigenvalue weighted by Gasteiger charge is 2.32. The molecule has 1 saturated carbocycles. The third-order valence-corrected chi connectivity index (χ3v) is 7.30. The van der Waals surface area contributed by atoms with Crippen LogP contribution in [-0.4, -0.2) is 93.9 Å². The Bertz CT molecular complexity index is 1350. The van der Waals surface area contributed by atoms with Gasteiger partial charge in [0.1, 0.15) is 23.4 Å². The molecule has 1 N–H and O–H groups in total. The smallest absolute Gasteiger partial charge is 0.474 e. The van der Waals surface area contributed by atoms with Crippen molar-refractivity contribution in [3.05, 3.63) is 42.1 Å². The molecule has 13 heteroatoms. The fourth-order valence-electron chi connectivity index (χ4n) is 5.18. The summed E-state index contributed by atoms with van der Waals surface area (Å²) in [6.07, 6.45) is 2.74. The van der Waals surface area contributed by atoms with Crippen molar-refractivity contribution in [2.45, 2.75) is 97.0 Å². The average Bonchev–Trinajstić information content (AvgIpc) is 3.51. The summed E-state index contributed by atoms with van der Waals surface area (Å²) in [6.45, 7) is 9.69. The lowest BCUT2D eigenvalue weighted by Gasteiger charge is -2.35. The number of amides is 2. The van der Waals surface area contributed by atoms with Gasteiger partial charge in [-0.1, -0.05) is 30.3 Å². The first kappa shape index (κ1) is 34.6. The zero-order valence-corrected chi connectivity index (χ0v) is 27.3. The van der Waals surface area contributed by atoms with Crippen LogP contribution in [0.25, 0.3) is 11.4 Å². The molecule has 46 heavy (non-hydrogen) atoms. The van der Waals surface area contributed by atoms with Gasteiger partial charge in [0.15, 0.2) is 5.82 Å². The summed E-state index contributed by atoms with van der Waals surface area (Å²) in [5, 5.41) is 4.24. The number of nitrogens with zero attached hydrogens (tertiary/aromatic N) is 4. The summed E-state index contributed by atoms with van der Waals surface area (Å²) in [6, 6.07) is 9.71. The Balaban J connectivity index is 1.51. The van der Waals surface area contributed by atoms with Crippen molar-refractivity contribution in [2.75, 3.05) is 26.2 Å². The van der Waals surface area contributed by atoms with Crippen LogP contribution in [0.2, 0.25) is 0 Å². The van der Waals surface area contributed by atoms with Crippen molar-refractivity contribution in [3.63, 3.8) is 0 Å². The van der Waals surface area contributed by atoms with Gasteiger partial charge in [-0.15, -0.1) is 5.06 Å². The standard InChI is InChI=1S/C33H45N5O8/c1-22(2)43-32(42)46-38-19-17-37(18-20-38)31(41)25(15-16-28(39)45-33(3,4)5)35-30(40)26-21-27(44-24-13-9-10-14-24)36-29(34-26)23-11-7-6-8-12-23/h6-8,11-12,21-22,24-25H,9-10,13-20H2,1-5H3,(H,35,40)/t25-/m0/s1. The van der Waals surface area contributed by atoms with Gasteiger partial charge in [0.2, 0.25) is 11.8 Å². The molecule has 1 atom stereocenters. The van der Waals surface area contributed by atoms with Crippen molar-refractivity contribution in [2.24, 2.45) is 0 Å². The quantitative estimate of drug-likeness (QED) is 0.351. The average molecular weight is 640 g/mol. The molecule has 0 bridgehead atoms. The van der Waals surface area contributed by atoms with Gasteiger partial charge in [0.25, 0.3) is 5.91 Å². The van der Waals surface area contributed by atoms with Crippen LogP contribution >= 0.6 is 0 Å². The van der Waals surface area contributed by atoms with Crippen LogP contribution in [-0.2, 0) is 23.9 Å². The number of hydrogen-bond acceptors (Lipinski definition) is 11. The van der Waals surface area contributed by atoms with Crippen molar-refractivity contribution in [1.82, 2.24) is 25.2 Å². The first-order chi connectivity index (χ1) is 21.9. The summed E-state index contributed by atoms with van der Waals surface area (Å²) in [7, 11) is 0. The number of nitrogens with one attached hydrogen (secondary N) is 1. The Morgan fingerprint density at radius 3 is 2.28 bits per heavy atom. The van der Waals surface area contributed by atoms with Gasteiger partial charge < -0.3 is 29.3 Å². The summed E-state index contributed by atoms with van der Waals surface area (Å²) >= 11 is 0. The molecule has 0 radical (unpaired) electrons. The Morgan fingerprint density at radius 2 is 1.65 bits per heavy atom. The van der Waals surface area contributed by atoms with Gasteiger partial charge in [0, 0.05) is 31.1 Å². The van der Waals surface area contributed by atoms with Crippen molar-refractivity contribution in [3.8, 4) is 17.3 Å². The molecule has 2 aliphatic rings. The first-order valence-electron chi connectivity index (χ1n) is 15.9. The number of carbonyl (C=O) groups is 4. The molecular formula is C33H45N5O8. The van der Waals surface area contributed by atoms with Crippen LogP contribution in [0.1, 0.15) is 83.6 Å². The van der Waals surface area contributed by atoms with Gasteiger partial charge >= 0.3 is 12.1 Å². The molecule has 13 nitrogen and oxygen atoms in total. The Kier molecular flexibility index (Phi) is 11.9. The molecule has 0 unspecified atom stereocenters. The highest BCUT2D eigenvalue weighted by Crippen LogP contribution is 2.25. The lowest BCUT2D eigenvalue weighted by Crippen LogP contribution is -2.55. The first-order valence-corrected chi connectivity index (χ1v) is 15.9. The zero-order chi connectivity index (χ0) is 33.3. The van der Waals surface area contributed by atoms with E-state index < -0.39 is 29.7 Å². The molecule has 1 aliphatic carbocycles. The molecule has 2 aromatic rings. The molecule has 1 saturated heterocycles. The number of piperazine rings is 1. The van der Waals surface area contributed by atoms with Crippen molar-refractivity contribution in [1.29, 1.82) is 0 Å². The zero-order valence-electron chi connectivity index (χ0n) is 27.3. The molecule has 1 aromatic carbocycles. The molecule has 250 valence electrons. The minimum absolute atomic E-state index is 0.00691. The predicted octanol–water partition coefficient (Wildman–Crippen LogP) is 4.31. The normalized spacial score (nSPS) is 16.5. The van der Waals surface area contributed by atoms with E-state index in [4.69, 9.17) is 19.0 Å². The number of benzene rings is 1. The summed E-state index contributed by atoms with van der Waals surface area (Å²) in [5.41, 5.74) is 0.0550. The number of esters is 1. The van der Waals surface area contributed by atoms with Gasteiger partial charge in [-0.25, -0.2) is 9.78 Å². The number of hydroxylamine groups is 2. The van der Waals surface area contributed by atoms with Gasteiger partial charge in [-0.2, -0.15) is 4.98 Å². The van der Waals surface area contributed by atoms with E-state index in [2.05, 4.69) is 15.3 Å². The fourth-order valence-corrected chi connectivity index (χ4v) is 5.18. The second-order valence-corrected chi connectivity index (χ2v) is 12.7. The molecule has 0 spiro atoms. The number of aromatic nitrogens is 2. The van der Waals surface area contributed by atoms with E-state index in [0.717, 1.165) is 25.7 Å². The maximum absolute atomic E-state index is 13.8. The monoisotopic (exact) mass is 639 g/mol. The fraction of sp³-hybridized carbons (Fsp3) is 0.576. The number of ether oxygens (including phenoxy) is 3. The lowest BCUT2D eigenvalue weighted by atomic mass is 10.1. The minimum Gasteiger partial charge on any atom is -0.474 e. The third kappa shape index (κ3) is 10.7. The van der Waals surface area contributed by atoms with E-state index >= 15 is 0 Å². The predicted molar refractivity (Wildman–Crippen MR) is 168 cm³/mol. The maximum atomic E-state index is 13.8. The molecular weight excluding hydrogens is 594 g/mol. The van der Waals surface area contributed by atoms with E-state index in [9.17, 15) is 19.2 Å². The Hall–Kier alpha value is -4.26. The molecule has 2 fully saturated rings. The van der Waals surface area contributed by atoms with E-state index in [-0.39, 0.29) is 68.7 Å². The highest BCUT2D eigenvalue weighted by molar-refractivity contribution is 5.96. The minimum atomic E-state index is -1.05. The molecule has 1 aromatic heterocycles. The van der Waals surface area contributed by atoms with Crippen LogP contribution in [0.15, 0.2) is 36.4 Å². The van der Waals surface area contributed by atoms with E-state index in [1.807, 2.05) is 30.3 Å². The molecule has 1 aliphatic heterocycles. The molecule has 2 heterocycles. The van der Waals surface area contributed by atoms with E-state index in [0.29, 0.717) is 11.4 Å². The number of rotatable bonds is 11. The van der Waals surface area contributed by atoms with Crippen LogP contribution in [0, 0.1) is 0 Å². The molecule has 4 rings (SSSR count). The summed E-state index contributed by atoms with van der Waals surface area (Å²) in [4.78, 5) is 67.9. The van der Waals surface area contributed by atoms with Crippen LogP contribution in [0.4, 0.5) is 4.79 Å². The van der Waals surface area contributed by atoms with Gasteiger partial charge in [0.05, 0.1) is 19.2 Å². The second kappa shape index (κ2) is 15.8. The number of carbonyl (C=O) groups excluding carboxylic acids is 4. The van der Waals surface area contributed by atoms with Crippen LogP contribution in [0.5, 0.6) is 5.88 Å². The topological polar surface area (TPSA) is 149 Å². The molecule has 2 amide bonds. The van der Waals surface area contributed by atoms with Gasteiger partial charge in [-0.05, 0) is 66.7 Å². The van der Waals surface area contributed by atoms with Crippen molar-refractivity contribution < 1.29 is 38.2 Å². The SMILES string of the molecule is CC(C)OC(=O)ON1CCN(C(=O)[C@H](CCC(=O)OC(C)(C)C)NC(=O)c2cc(OC3CCCC3)nc(-c3ccccc3)n2)CC1. The van der Waals surface area contributed by atoms with E-state index in [1.165, 1.54) is 11.1 Å².